The largest absolute Gasteiger partial charge is 0.469 e. The highest BCUT2D eigenvalue weighted by Gasteiger charge is 2.20. The molecular weight excluding hydrogens is 204 g/mol. The fourth-order valence-electron chi connectivity index (χ4n) is 1.59. The summed E-state index contributed by atoms with van der Waals surface area (Å²) >= 11 is 0. The molecule has 0 saturated carbocycles. The lowest BCUT2D eigenvalue weighted by molar-refractivity contribution is -0.0814. The minimum Gasteiger partial charge on any atom is -0.469 e. The zero-order chi connectivity index (χ0) is 11.4. The molecule has 4 heteroatoms. The third-order valence-corrected chi connectivity index (χ3v) is 2.46. The van der Waals surface area contributed by atoms with Gasteiger partial charge in [0.15, 0.2) is 0 Å². The van der Waals surface area contributed by atoms with Crippen molar-refractivity contribution in [2.24, 2.45) is 0 Å². The minimum atomic E-state index is 0.182. The van der Waals surface area contributed by atoms with Crippen molar-refractivity contribution in [2.75, 3.05) is 19.8 Å². The van der Waals surface area contributed by atoms with Crippen LogP contribution in [-0.2, 0) is 11.3 Å². The van der Waals surface area contributed by atoms with E-state index < -0.39 is 0 Å². The molecule has 4 nitrogen and oxygen atoms in total. The summed E-state index contributed by atoms with van der Waals surface area (Å²) in [5, 5.41) is 3.29. The molecule has 1 aliphatic heterocycles. The molecule has 2 heterocycles. The number of nitrogens with zero attached hydrogens (tertiary/aromatic N) is 1. The summed E-state index contributed by atoms with van der Waals surface area (Å²) in [6, 6.07) is 4.07. The smallest absolute Gasteiger partial charge is 0.214 e. The van der Waals surface area contributed by atoms with Gasteiger partial charge in [0, 0.05) is 18.3 Å². The summed E-state index contributed by atoms with van der Waals surface area (Å²) in [5.74, 6) is 0.709. The Morgan fingerprint density at radius 2 is 2.31 bits per heavy atom. The van der Waals surface area contributed by atoms with Gasteiger partial charge in [0.1, 0.15) is 6.10 Å². The highest BCUT2D eigenvalue weighted by Crippen LogP contribution is 2.16. The summed E-state index contributed by atoms with van der Waals surface area (Å²) in [6.45, 7) is 7.26. The van der Waals surface area contributed by atoms with Crippen molar-refractivity contribution in [3.05, 3.63) is 23.4 Å². The van der Waals surface area contributed by atoms with Crippen molar-refractivity contribution in [3.63, 3.8) is 0 Å². The van der Waals surface area contributed by atoms with E-state index in [-0.39, 0.29) is 6.10 Å². The number of ether oxygens (including phenoxy) is 2. The fraction of sp³-hybridized carbons (Fsp3) is 0.583. The summed E-state index contributed by atoms with van der Waals surface area (Å²) in [6.07, 6.45) is 0.182. The van der Waals surface area contributed by atoms with E-state index >= 15 is 0 Å². The Morgan fingerprint density at radius 3 is 2.94 bits per heavy atom. The lowest BCUT2D eigenvalue weighted by Gasteiger charge is -2.26. The van der Waals surface area contributed by atoms with Crippen LogP contribution in [0.2, 0.25) is 0 Å². The maximum absolute atomic E-state index is 5.69. The van der Waals surface area contributed by atoms with Crippen LogP contribution in [0.25, 0.3) is 0 Å². The van der Waals surface area contributed by atoms with Crippen LogP contribution >= 0.6 is 0 Å². The monoisotopic (exact) mass is 222 g/mol. The van der Waals surface area contributed by atoms with Gasteiger partial charge in [0.2, 0.25) is 5.88 Å². The predicted molar refractivity (Wildman–Crippen MR) is 61.6 cm³/mol. The number of rotatable bonds is 5. The van der Waals surface area contributed by atoms with Gasteiger partial charge in [0.05, 0.1) is 13.2 Å². The van der Waals surface area contributed by atoms with Crippen molar-refractivity contribution in [2.45, 2.75) is 26.5 Å². The molecule has 1 fully saturated rings. The molecule has 0 radical (unpaired) electrons. The summed E-state index contributed by atoms with van der Waals surface area (Å²) < 4.78 is 10.8. The fourth-order valence-corrected chi connectivity index (χ4v) is 1.59. The Bertz CT molecular complexity index is 351. The van der Waals surface area contributed by atoms with Crippen LogP contribution < -0.4 is 10.1 Å². The molecule has 1 aliphatic rings. The number of aromatic nitrogens is 1. The number of nitrogens with one attached hydrogen (secondary N) is 1. The van der Waals surface area contributed by atoms with E-state index in [1.165, 1.54) is 5.56 Å². The van der Waals surface area contributed by atoms with Crippen LogP contribution in [0, 0.1) is 6.92 Å². The Morgan fingerprint density at radius 1 is 1.50 bits per heavy atom. The maximum Gasteiger partial charge on any atom is 0.214 e. The van der Waals surface area contributed by atoms with Gasteiger partial charge in [-0.15, -0.1) is 0 Å². The highest BCUT2D eigenvalue weighted by molar-refractivity contribution is 5.24. The van der Waals surface area contributed by atoms with Crippen LogP contribution in [-0.4, -0.2) is 30.8 Å². The van der Waals surface area contributed by atoms with Crippen LogP contribution in [0.4, 0.5) is 0 Å². The highest BCUT2D eigenvalue weighted by atomic mass is 16.6. The number of pyridine rings is 1. The lowest BCUT2D eigenvalue weighted by Crippen LogP contribution is -2.38. The first kappa shape index (κ1) is 11.4. The van der Waals surface area contributed by atoms with Gasteiger partial charge in [-0.2, -0.15) is 0 Å². The second-order valence-electron chi connectivity index (χ2n) is 4.01. The molecule has 0 amide bonds. The molecule has 16 heavy (non-hydrogen) atoms. The second-order valence-corrected chi connectivity index (χ2v) is 4.01. The van der Waals surface area contributed by atoms with E-state index in [9.17, 15) is 0 Å². The minimum absolute atomic E-state index is 0.182. The lowest BCUT2D eigenvalue weighted by atomic mass is 10.2. The van der Waals surface area contributed by atoms with Crippen LogP contribution in [0.15, 0.2) is 12.1 Å². The van der Waals surface area contributed by atoms with E-state index in [0.717, 1.165) is 18.8 Å². The molecule has 0 spiro atoms. The van der Waals surface area contributed by atoms with Crippen molar-refractivity contribution in [1.82, 2.24) is 10.3 Å². The predicted octanol–water partition coefficient (Wildman–Crippen LogP) is 1.28. The molecule has 0 aromatic carbocycles. The van der Waals surface area contributed by atoms with Gasteiger partial charge in [0.25, 0.3) is 0 Å². The van der Waals surface area contributed by atoms with Gasteiger partial charge in [-0.25, -0.2) is 4.98 Å². The summed E-state index contributed by atoms with van der Waals surface area (Å²) in [5.41, 5.74) is 2.20. The topological polar surface area (TPSA) is 43.4 Å². The molecule has 1 N–H and O–H groups in total. The number of aryl methyl sites for hydroxylation is 1. The van der Waals surface area contributed by atoms with Crippen LogP contribution in [0.1, 0.15) is 18.2 Å². The zero-order valence-corrected chi connectivity index (χ0v) is 9.82. The number of hydrogen-bond acceptors (Lipinski definition) is 4. The zero-order valence-electron chi connectivity index (χ0n) is 9.82. The van der Waals surface area contributed by atoms with E-state index in [0.29, 0.717) is 19.1 Å². The average Bonchev–Trinajstić information content (AvgIpc) is 2.20. The molecule has 1 aromatic heterocycles. The standard InChI is InChI=1S/C12H18N2O2/c1-3-13-6-10-4-9(2)14-12(5-10)16-11-7-15-8-11/h4-5,11,13H,3,6-8H2,1-2H3. The summed E-state index contributed by atoms with van der Waals surface area (Å²) in [7, 11) is 0. The van der Waals surface area contributed by atoms with E-state index in [4.69, 9.17) is 9.47 Å². The van der Waals surface area contributed by atoms with Crippen LogP contribution in [0.3, 0.4) is 0 Å². The van der Waals surface area contributed by atoms with Gasteiger partial charge >= 0.3 is 0 Å². The molecule has 0 unspecified atom stereocenters. The first-order valence-electron chi connectivity index (χ1n) is 5.70. The van der Waals surface area contributed by atoms with Gasteiger partial charge in [-0.1, -0.05) is 6.92 Å². The Kier molecular flexibility index (Phi) is 3.74. The normalized spacial score (nSPS) is 15.9. The van der Waals surface area contributed by atoms with Crippen molar-refractivity contribution in [1.29, 1.82) is 0 Å². The van der Waals surface area contributed by atoms with Gasteiger partial charge in [-0.05, 0) is 25.1 Å². The van der Waals surface area contributed by atoms with Crippen molar-refractivity contribution < 1.29 is 9.47 Å². The quantitative estimate of drug-likeness (QED) is 0.815. The van der Waals surface area contributed by atoms with Gasteiger partial charge < -0.3 is 14.8 Å². The molecule has 2 rings (SSSR count). The summed E-state index contributed by atoms with van der Waals surface area (Å²) in [4.78, 5) is 4.36. The average molecular weight is 222 g/mol. The molecule has 1 saturated heterocycles. The van der Waals surface area contributed by atoms with Crippen molar-refractivity contribution >= 4 is 0 Å². The van der Waals surface area contributed by atoms with Crippen LogP contribution in [0.5, 0.6) is 5.88 Å². The molecule has 1 aromatic rings. The Hall–Kier alpha value is -1.13. The molecule has 88 valence electrons. The molecular formula is C12H18N2O2. The SMILES string of the molecule is CCNCc1cc(C)nc(OC2COC2)c1. The van der Waals surface area contributed by atoms with E-state index in [1.807, 2.05) is 13.0 Å². The van der Waals surface area contributed by atoms with Crippen molar-refractivity contribution in [3.8, 4) is 5.88 Å². The molecule has 0 atom stereocenters. The first-order chi connectivity index (χ1) is 7.78. The molecule has 0 aliphatic carbocycles. The third kappa shape index (κ3) is 2.93. The van der Waals surface area contributed by atoms with E-state index in [2.05, 4.69) is 23.3 Å². The Balaban J connectivity index is 2.02. The first-order valence-corrected chi connectivity index (χ1v) is 5.70. The molecule has 0 bridgehead atoms. The maximum atomic E-state index is 5.69. The number of hydrogen-bond donors (Lipinski definition) is 1. The third-order valence-electron chi connectivity index (χ3n) is 2.46. The van der Waals surface area contributed by atoms with E-state index in [1.54, 1.807) is 0 Å². The van der Waals surface area contributed by atoms with Gasteiger partial charge in [-0.3, -0.25) is 0 Å². The second kappa shape index (κ2) is 5.27. The Labute approximate surface area is 96.0 Å².